The van der Waals surface area contributed by atoms with Gasteiger partial charge in [0.1, 0.15) is 23.3 Å². The van der Waals surface area contributed by atoms with Crippen molar-refractivity contribution in [2.45, 2.75) is 140 Å². The maximum absolute atomic E-state index is 12.4. The zero-order chi connectivity index (χ0) is 43.3. The van der Waals surface area contributed by atoms with Crippen LogP contribution in [-0.4, -0.2) is 144 Å². The van der Waals surface area contributed by atoms with Crippen molar-refractivity contribution < 1.29 is 61.3 Å². The monoisotopic (exact) mass is 1360 g/mol. The quantitative estimate of drug-likeness (QED) is 0.196. The van der Waals surface area contributed by atoms with E-state index in [0.717, 1.165) is 25.7 Å². The SMILES string of the molecule is CN(C)C(=O)N1C2CCC1CC(C(NC(=O)OC(C)(C)C)C(=O)O)C2.COC(=O)C(NC(=O)OC(C)(C)C)C1CC2CCC(C1)N2C(=O)N(C)C.II.I[I-]I. The first-order valence-electron chi connectivity index (χ1n) is 18.2. The zero-order valence-electron chi connectivity index (χ0n) is 34.1. The fraction of sp³-hybridized carbons (Fsp3) is 0.829. The molecule has 0 spiro atoms. The number of amides is 6. The Bertz CT molecular complexity index is 1310. The molecule has 3 N–H and O–H groups in total. The molecule has 6 amide bonds. The Balaban J connectivity index is 0.000000503. The van der Waals surface area contributed by atoms with Crippen LogP contribution in [-0.2, 0) is 23.8 Å². The molecule has 4 heterocycles. The van der Waals surface area contributed by atoms with Crippen molar-refractivity contribution in [1.82, 2.24) is 30.2 Å². The predicted molar refractivity (Wildman–Crippen MR) is 243 cm³/mol. The van der Waals surface area contributed by atoms with Crippen molar-refractivity contribution in [3.63, 3.8) is 0 Å². The summed E-state index contributed by atoms with van der Waals surface area (Å²) >= 11 is 9.54. The molecule has 21 heteroatoms. The van der Waals surface area contributed by atoms with Gasteiger partial charge >= 0.3 is 86.7 Å². The van der Waals surface area contributed by atoms with Crippen molar-refractivity contribution in [1.29, 1.82) is 0 Å². The van der Waals surface area contributed by atoms with Gasteiger partial charge in [0.2, 0.25) is 0 Å². The number of carboxylic acid groups (broad SMARTS) is 1. The number of aliphatic carboxylic acids is 1. The summed E-state index contributed by atoms with van der Waals surface area (Å²) in [6.07, 6.45) is 4.69. The number of piperidine rings is 2. The molecule has 0 aromatic carbocycles. The fourth-order valence-corrected chi connectivity index (χ4v) is 7.82. The Labute approximate surface area is 385 Å². The van der Waals surface area contributed by atoms with Gasteiger partial charge < -0.3 is 49.6 Å². The molecule has 326 valence electrons. The molecule has 0 aromatic rings. The van der Waals surface area contributed by atoms with Crippen molar-refractivity contribution >= 4 is 111 Å². The van der Waals surface area contributed by atoms with Gasteiger partial charge in [-0.05, 0) is 105 Å². The van der Waals surface area contributed by atoms with E-state index in [4.69, 9.17) is 14.2 Å². The standard InChI is InChI=1S/C18H31N3O5.C17H29N3O5.I3.I2/c1-18(2,3)26-16(23)19-14(15(22)25-6)11-9-12-7-8-13(10-11)21(12)17(24)20(4)5;1-17(2,3)25-15(23)18-13(14(21)22)10-8-11-6-7-12(9-10)20(11)16(24)19(4)5;1-3-2;1-2/h11-14H,7-10H2,1-6H3,(H,19,23);10-13H,6-9H2,1-5H3,(H,18,23)(H,21,22);;/q;;-1;. The van der Waals surface area contributed by atoms with E-state index < -0.39 is 47.4 Å². The Morgan fingerprint density at radius 3 is 1.20 bits per heavy atom. The van der Waals surface area contributed by atoms with E-state index in [-0.39, 0.29) is 48.1 Å². The fourth-order valence-electron chi connectivity index (χ4n) is 7.82. The molecule has 4 saturated heterocycles. The van der Waals surface area contributed by atoms with Crippen LogP contribution < -0.4 is 23.9 Å². The number of alkyl carbamates (subject to hydrolysis) is 2. The summed E-state index contributed by atoms with van der Waals surface area (Å²) in [6, 6.07) is -1.57. The van der Waals surface area contributed by atoms with Gasteiger partial charge in [-0.3, -0.25) is 0 Å². The number of esters is 1. The van der Waals surface area contributed by atoms with Gasteiger partial charge in [-0.2, -0.15) is 0 Å². The number of methoxy groups -OCH3 is 1. The van der Waals surface area contributed by atoms with E-state index >= 15 is 0 Å². The summed E-state index contributed by atoms with van der Waals surface area (Å²) in [7, 11) is 8.24. The number of carbonyl (C=O) groups excluding carboxylic acids is 5. The molecule has 0 aliphatic carbocycles. The predicted octanol–water partition coefficient (Wildman–Crippen LogP) is 4.41. The van der Waals surface area contributed by atoms with E-state index in [1.54, 1.807) is 79.5 Å². The van der Waals surface area contributed by atoms with Gasteiger partial charge in [0.25, 0.3) is 0 Å². The Hall–Kier alpha value is -0.330. The first kappa shape index (κ1) is 53.7. The van der Waals surface area contributed by atoms with Gasteiger partial charge in [0, 0.05) is 89.6 Å². The molecule has 6 atom stereocenters. The average Bonchev–Trinajstić information content (AvgIpc) is 3.50. The first-order chi connectivity index (χ1) is 25.9. The molecule has 0 saturated carbocycles. The number of carbonyl (C=O) groups is 6. The molecule has 0 aromatic heterocycles. The van der Waals surface area contributed by atoms with E-state index in [1.165, 1.54) is 7.11 Å². The molecule has 56 heavy (non-hydrogen) atoms. The zero-order valence-corrected chi connectivity index (χ0v) is 44.9. The molecule has 0 radical (unpaired) electrons. The number of hydrogen-bond donors (Lipinski definition) is 3. The third kappa shape index (κ3) is 17.0. The number of hydrogen-bond acceptors (Lipinski definition) is 9. The number of carboxylic acids is 1. The summed E-state index contributed by atoms with van der Waals surface area (Å²) < 4.78 is 15.4. The van der Waals surface area contributed by atoms with E-state index in [1.807, 2.05) is 9.80 Å². The summed E-state index contributed by atoms with van der Waals surface area (Å²) in [6.45, 7) is 10.5. The molecule has 4 rings (SSSR count). The minimum absolute atomic E-state index is 0.00525. The van der Waals surface area contributed by atoms with Crippen molar-refractivity contribution in [3.05, 3.63) is 0 Å². The maximum atomic E-state index is 12.4. The topological polar surface area (TPSA) is 187 Å². The van der Waals surface area contributed by atoms with Crippen molar-refractivity contribution in [2.24, 2.45) is 11.8 Å². The number of urea groups is 2. The normalized spacial score (nSPS) is 24.6. The summed E-state index contributed by atoms with van der Waals surface area (Å²) in [4.78, 5) is 79.9. The number of ether oxygens (including phenoxy) is 3. The van der Waals surface area contributed by atoms with Gasteiger partial charge in [-0.25, -0.2) is 28.8 Å². The second-order valence-corrected chi connectivity index (χ2v) is 32.8. The second kappa shape index (κ2) is 24.8. The summed E-state index contributed by atoms with van der Waals surface area (Å²) in [5, 5.41) is 14.8. The van der Waals surface area contributed by atoms with Crippen LogP contribution in [0.15, 0.2) is 0 Å². The van der Waals surface area contributed by atoms with Crippen LogP contribution in [0.3, 0.4) is 0 Å². The number of halogens is 5. The number of rotatable bonds is 6. The second-order valence-electron chi connectivity index (χ2n) is 16.6. The minimum atomic E-state index is -1.07. The van der Waals surface area contributed by atoms with Crippen LogP contribution in [0.5, 0.6) is 0 Å². The first-order valence-corrected chi connectivity index (χ1v) is 37.1. The van der Waals surface area contributed by atoms with Crippen LogP contribution in [0.2, 0.25) is 0 Å². The molecular weight excluding hydrogens is 1300 g/mol. The van der Waals surface area contributed by atoms with Gasteiger partial charge in [0.05, 0.1) is 7.11 Å². The van der Waals surface area contributed by atoms with Crippen LogP contribution in [0, 0.1) is 11.8 Å². The number of nitrogens with one attached hydrogen (secondary N) is 2. The molecular formula is C35H60I5N6O10-. The summed E-state index contributed by atoms with van der Waals surface area (Å²) in [5.41, 5.74) is -1.33. The van der Waals surface area contributed by atoms with Gasteiger partial charge in [-0.1, -0.05) is 0 Å². The third-order valence-corrected chi connectivity index (χ3v) is 9.75. The van der Waals surface area contributed by atoms with Gasteiger partial charge in [0.15, 0.2) is 0 Å². The van der Waals surface area contributed by atoms with Crippen LogP contribution in [0.4, 0.5) is 19.2 Å². The molecule has 4 bridgehead atoms. The molecule has 4 aliphatic heterocycles. The van der Waals surface area contributed by atoms with E-state index in [2.05, 4.69) is 85.1 Å². The Morgan fingerprint density at radius 2 is 0.946 bits per heavy atom. The molecule has 4 aliphatic rings. The average molecular weight is 1360 g/mol. The van der Waals surface area contributed by atoms with Crippen molar-refractivity contribution in [3.8, 4) is 0 Å². The van der Waals surface area contributed by atoms with Crippen LogP contribution in [0.1, 0.15) is 92.9 Å². The van der Waals surface area contributed by atoms with Crippen LogP contribution >= 0.6 is 74.5 Å². The van der Waals surface area contributed by atoms with E-state index in [0.29, 0.717) is 38.9 Å². The Morgan fingerprint density at radius 1 is 0.661 bits per heavy atom. The number of fused-ring (bicyclic) bond motifs is 4. The molecule has 4 fully saturated rings. The van der Waals surface area contributed by atoms with Crippen molar-refractivity contribution in [2.75, 3.05) is 35.3 Å². The molecule has 16 nitrogen and oxygen atoms in total. The van der Waals surface area contributed by atoms with Gasteiger partial charge in [-0.15, -0.1) is 0 Å². The number of nitrogens with zero attached hydrogens (tertiary/aromatic N) is 4. The third-order valence-electron chi connectivity index (χ3n) is 9.75. The van der Waals surface area contributed by atoms with Crippen LogP contribution in [0.25, 0.3) is 0 Å². The Kier molecular flexibility index (Phi) is 23.8. The van der Waals surface area contributed by atoms with E-state index in [9.17, 15) is 33.9 Å². The summed E-state index contributed by atoms with van der Waals surface area (Å²) in [5.74, 6) is -1.84. The molecule has 6 unspecified atom stereocenters.